The summed E-state index contributed by atoms with van der Waals surface area (Å²) < 4.78 is 28.6. The van der Waals surface area contributed by atoms with Gasteiger partial charge in [0.2, 0.25) is 23.7 Å². The molecular formula is C50H53BrCl6N8O15P+. The lowest BCUT2D eigenvalue weighted by Gasteiger charge is -2.28. The van der Waals surface area contributed by atoms with Gasteiger partial charge in [-0.2, -0.15) is 0 Å². The molecule has 1 saturated carbocycles. The number of fused-ring (bicyclic) bond motifs is 1. The normalized spacial score (nSPS) is 14.9. The number of methoxy groups -OCH3 is 4. The molecule has 0 spiro atoms. The summed E-state index contributed by atoms with van der Waals surface area (Å²) in [6.45, 7) is 5.40. The highest BCUT2D eigenvalue weighted by Gasteiger charge is 2.39. The van der Waals surface area contributed by atoms with Gasteiger partial charge in [0.25, 0.3) is 5.91 Å². The molecule has 5 aromatic rings. The number of carbonyl (C=O) groups excluding carboxylic acids is 9. The van der Waals surface area contributed by atoms with Crippen molar-refractivity contribution in [3.8, 4) is 0 Å². The van der Waals surface area contributed by atoms with Crippen molar-refractivity contribution in [3.63, 3.8) is 0 Å². The zero-order chi connectivity index (χ0) is 61.3. The molecule has 1 saturated heterocycles. The van der Waals surface area contributed by atoms with E-state index in [1.165, 1.54) is 39.5 Å². The van der Waals surface area contributed by atoms with E-state index in [0.717, 1.165) is 4.73 Å². The van der Waals surface area contributed by atoms with Crippen molar-refractivity contribution in [1.82, 2.24) is 30.2 Å². The quantitative estimate of drug-likeness (QED) is 0.0165. The Kier molecular flexibility index (Phi) is 30.6. The Hall–Kier alpha value is -6.21. The first-order valence-corrected chi connectivity index (χ1v) is 29.8. The minimum absolute atomic E-state index is 0.0495. The number of hydrogen-bond donors (Lipinski definition) is 3. The number of esters is 4. The number of alkyl halides is 1. The van der Waals surface area contributed by atoms with E-state index in [4.69, 9.17) is 45.7 Å². The average Bonchev–Trinajstić information content (AvgIpc) is 3.82. The Morgan fingerprint density at radius 3 is 1.75 bits per heavy atom. The van der Waals surface area contributed by atoms with Gasteiger partial charge >= 0.3 is 29.1 Å². The van der Waals surface area contributed by atoms with Gasteiger partial charge in [0.15, 0.2) is 5.78 Å². The Morgan fingerprint density at radius 2 is 1.23 bits per heavy atom. The van der Waals surface area contributed by atoms with Crippen LogP contribution in [-0.4, -0.2) is 124 Å². The van der Waals surface area contributed by atoms with E-state index in [1.807, 2.05) is 0 Å². The van der Waals surface area contributed by atoms with E-state index >= 15 is 0 Å². The summed E-state index contributed by atoms with van der Waals surface area (Å²) in [6.07, 6.45) is 4.62. The van der Waals surface area contributed by atoms with Crippen LogP contribution >= 0.6 is 89.7 Å². The van der Waals surface area contributed by atoms with Gasteiger partial charge in [0.05, 0.1) is 98.5 Å². The third kappa shape index (κ3) is 24.0. The number of ketones is 2. The molecule has 0 aromatic carbocycles. The number of carbonyl (C=O) groups is 9. The van der Waals surface area contributed by atoms with Gasteiger partial charge in [-0.3, -0.25) is 44.0 Å². The van der Waals surface area contributed by atoms with Gasteiger partial charge in [0, 0.05) is 42.1 Å². The molecule has 4 N–H and O–H groups in total. The molecule has 3 aliphatic rings. The molecule has 2 atom stereocenters. The van der Waals surface area contributed by atoms with Crippen molar-refractivity contribution in [3.05, 3.63) is 145 Å². The first kappa shape index (κ1) is 70.9. The second kappa shape index (κ2) is 34.9. The molecule has 2 unspecified atom stereocenters. The third-order valence-corrected chi connectivity index (χ3v) is 12.0. The van der Waals surface area contributed by atoms with Gasteiger partial charge in [0.1, 0.15) is 26.8 Å². The molecule has 8 rings (SSSR count). The second-order valence-electron chi connectivity index (χ2n) is 16.2. The van der Waals surface area contributed by atoms with Crippen molar-refractivity contribution < 1.29 is 76.6 Å². The molecule has 436 valence electrons. The molecule has 5 aromatic heterocycles. The van der Waals surface area contributed by atoms with Crippen LogP contribution in [0.25, 0.3) is 0 Å². The largest absolute Gasteiger partial charge is 0.465 e. The molecule has 31 heteroatoms. The standard InChI is InChI=1S/C13H11ClN2O3.C8H7BrClNO2.C8H8ClNO2.C8H10NO3.C8H9NO2.C5H8N2O2.Cl3OP/c14-12-4-2-8-9(15-12)6-16(13(8)19)10-3-1-7(17)5-11(10)18;1-13-8(12)5-2-3-7(10)11-6(5)4-9;1-5-6(8(11)12-2)3-4-7(9)10-5;1-6-7(8(10)12-2)4-3-5-9(6)11;1-6-7(8(10)11-2)4-3-5-9-6;6-3-1-2-4(8)7-5(3)9;1-5(2,3)4/h2,4,10H,1,3,5-6H2;2-3H,4H2,1H3;3-4H,1-2H3;3-5,11H,1-2H3;3-5H,1-2H3;3H,1-2,6H2,(H,7,8,9);/q;;;+1;;;. The first-order chi connectivity index (χ1) is 38.0. The molecule has 2 fully saturated rings. The maximum Gasteiger partial charge on any atom is 0.344 e. The number of nitrogens with one attached hydrogen (secondary N) is 1. The van der Waals surface area contributed by atoms with E-state index in [0.29, 0.717) is 109 Å². The van der Waals surface area contributed by atoms with Crippen LogP contribution in [0.15, 0.2) is 73.1 Å². The van der Waals surface area contributed by atoms with Crippen LogP contribution < -0.4 is 15.8 Å². The predicted octanol–water partition coefficient (Wildman–Crippen LogP) is 8.67. The number of aromatic nitrogens is 5. The highest BCUT2D eigenvalue weighted by Crippen LogP contribution is 2.61. The highest BCUT2D eigenvalue weighted by atomic mass is 79.9. The number of hydrogen-bond acceptors (Lipinski definition) is 20. The topological polar surface area (TPSA) is 325 Å². The summed E-state index contributed by atoms with van der Waals surface area (Å²) in [5.74, 6) is -2.59. The highest BCUT2D eigenvalue weighted by molar-refractivity contribution is 9.08. The summed E-state index contributed by atoms with van der Waals surface area (Å²) in [7, 11) is 5.32. The van der Waals surface area contributed by atoms with Gasteiger partial charge < -0.3 is 29.6 Å². The van der Waals surface area contributed by atoms with Crippen LogP contribution in [0.2, 0.25) is 15.5 Å². The van der Waals surface area contributed by atoms with Crippen LogP contribution in [0, 0.1) is 20.8 Å². The SMILES string of the molecule is COC(=O)c1ccc(Cl)nc1C.COC(=O)c1ccc(Cl)nc1CBr.COC(=O)c1ccc[n+](O)c1C.COC(=O)c1cccnc1C.NC1CCC(=O)NC1=O.O=C1CCC(N2Cc3nc(Cl)ccc3C2=O)C(=O)C1.O=P(Cl)(Cl)Cl. The molecule has 3 amide bonds. The lowest BCUT2D eigenvalue weighted by atomic mass is 9.92. The summed E-state index contributed by atoms with van der Waals surface area (Å²) in [4.78, 5) is 118. The maximum atomic E-state index is 12.2. The zero-order valence-corrected chi connectivity index (χ0v) is 51.1. The van der Waals surface area contributed by atoms with Crippen LogP contribution in [0.1, 0.15) is 112 Å². The van der Waals surface area contributed by atoms with Crippen molar-refractivity contribution in [2.45, 2.75) is 76.8 Å². The monoisotopic (exact) mass is 1330 g/mol. The fourth-order valence-electron chi connectivity index (χ4n) is 6.77. The van der Waals surface area contributed by atoms with Gasteiger partial charge in [-0.15, -0.1) is 0 Å². The molecule has 7 heterocycles. The van der Waals surface area contributed by atoms with Crippen molar-refractivity contribution >= 4 is 143 Å². The molecule has 2 aliphatic heterocycles. The minimum Gasteiger partial charge on any atom is -0.465 e. The first-order valence-electron chi connectivity index (χ1n) is 23.1. The molecule has 0 radical (unpaired) electrons. The Morgan fingerprint density at radius 1 is 0.728 bits per heavy atom. The number of nitrogens with two attached hydrogens (primary N) is 1. The fourth-order valence-corrected chi connectivity index (χ4v) is 7.72. The molecular weight excluding hydrogens is 1280 g/mol. The van der Waals surface area contributed by atoms with Crippen molar-refractivity contribution in [1.29, 1.82) is 0 Å². The summed E-state index contributed by atoms with van der Waals surface area (Å²) in [5, 5.41) is 9.60. The smallest absolute Gasteiger partial charge is 0.344 e. The number of ether oxygens (including phenoxy) is 4. The van der Waals surface area contributed by atoms with E-state index in [9.17, 15) is 47.7 Å². The number of Topliss-reactive ketones (excluding diaryl/α,β-unsaturated/α-hetero) is 2. The lowest BCUT2D eigenvalue weighted by Crippen LogP contribution is -2.48. The van der Waals surface area contributed by atoms with Crippen molar-refractivity contribution in [2.24, 2.45) is 5.73 Å². The van der Waals surface area contributed by atoms with E-state index in [2.05, 4.69) is 93.9 Å². The van der Waals surface area contributed by atoms with Crippen LogP contribution in [-0.2, 0) is 54.6 Å². The number of aryl methyl sites for hydroxylation is 2. The van der Waals surface area contributed by atoms with Crippen molar-refractivity contribution in [2.75, 3.05) is 28.4 Å². The second-order valence-corrected chi connectivity index (χ2v) is 24.6. The summed E-state index contributed by atoms with van der Waals surface area (Å²) in [6, 6.07) is 15.1. The van der Waals surface area contributed by atoms with Crippen LogP contribution in [0.3, 0.4) is 0 Å². The molecule has 1 aliphatic carbocycles. The van der Waals surface area contributed by atoms with E-state index in [1.54, 1.807) is 87.6 Å². The van der Waals surface area contributed by atoms with Crippen LogP contribution in [0.5, 0.6) is 0 Å². The third-order valence-electron chi connectivity index (χ3n) is 10.8. The van der Waals surface area contributed by atoms with Gasteiger partial charge in [-0.25, -0.2) is 34.1 Å². The molecule has 81 heavy (non-hydrogen) atoms. The number of imide groups is 1. The lowest BCUT2D eigenvalue weighted by molar-refractivity contribution is -0.908. The molecule has 23 nitrogen and oxygen atoms in total. The van der Waals surface area contributed by atoms with Crippen LogP contribution in [0.4, 0.5) is 0 Å². The van der Waals surface area contributed by atoms with Gasteiger partial charge in [-0.1, -0.05) is 50.7 Å². The number of halogens is 7. The number of pyridine rings is 5. The zero-order valence-electron chi connectivity index (χ0n) is 44.0. The average molecular weight is 1330 g/mol. The number of nitrogens with zero attached hydrogens (tertiary/aromatic N) is 6. The number of rotatable bonds is 6. The molecule has 0 bridgehead atoms. The Balaban J connectivity index is 0.000000331. The Labute approximate surface area is 502 Å². The van der Waals surface area contributed by atoms with Gasteiger partial charge in [-0.05, 0) is 115 Å². The summed E-state index contributed by atoms with van der Waals surface area (Å²) >= 11 is 34.1. The summed E-state index contributed by atoms with van der Waals surface area (Å²) in [5.41, 5.74) is 10.5. The van der Waals surface area contributed by atoms with E-state index in [-0.39, 0.29) is 41.7 Å². The maximum absolute atomic E-state index is 12.2. The number of amides is 3. The van der Waals surface area contributed by atoms with E-state index < -0.39 is 35.2 Å². The Bertz CT molecular complexity index is 3150. The fraction of sp³-hybridized carbons (Fsp3) is 0.320. The minimum atomic E-state index is -3.22. The predicted molar refractivity (Wildman–Crippen MR) is 301 cm³/mol. The number of piperidine rings is 1.